The van der Waals surface area contributed by atoms with Gasteiger partial charge in [-0.2, -0.15) is 0 Å². The molecule has 0 spiro atoms. The molecule has 0 aromatic heterocycles. The Morgan fingerprint density at radius 1 is 0.674 bits per heavy atom. The average Bonchev–Trinajstić information content (AvgIpc) is 3.54. The first-order valence-corrected chi connectivity index (χ1v) is 32.0. The Morgan fingerprint density at radius 3 is 2.02 bits per heavy atom. The van der Waals surface area contributed by atoms with Crippen molar-refractivity contribution in [3.05, 3.63) is 129 Å². The molecule has 2 aliphatic carbocycles. The van der Waals surface area contributed by atoms with Gasteiger partial charge in [0.05, 0.1) is 0 Å². The normalized spacial score (nSPS) is 18.7. The Labute approximate surface area is 267 Å². The van der Waals surface area contributed by atoms with Crippen molar-refractivity contribution in [1.82, 2.24) is 0 Å². The molecule has 43 heavy (non-hydrogen) atoms. The van der Waals surface area contributed by atoms with Crippen molar-refractivity contribution < 1.29 is 15.6 Å². The fourth-order valence-corrected chi connectivity index (χ4v) is 40.4. The minimum absolute atomic E-state index is 0.0937. The minimum atomic E-state index is -4.80. The number of hydrogen-bond donors (Lipinski definition) is 0. The predicted molar refractivity (Wildman–Crippen MR) is 190 cm³/mol. The molecule has 0 heterocycles. The van der Waals surface area contributed by atoms with Gasteiger partial charge in [-0.15, -0.1) is 0 Å². The van der Waals surface area contributed by atoms with Crippen LogP contribution in [-0.4, -0.2) is 5.92 Å². The third-order valence-corrected chi connectivity index (χ3v) is 62.3. The summed E-state index contributed by atoms with van der Waals surface area (Å²) in [6.07, 6.45) is 4.90. The average molecular weight is 702 g/mol. The first-order valence-electron chi connectivity index (χ1n) is 15.7. The molecule has 0 bridgehead atoms. The van der Waals surface area contributed by atoms with Crippen molar-refractivity contribution in [2.45, 2.75) is 61.9 Å². The summed E-state index contributed by atoms with van der Waals surface area (Å²) in [5.74, 6) is -1.26. The molecule has 2 atom stereocenters. The number of rotatable bonds is 6. The maximum atomic E-state index is 8.61. The van der Waals surface area contributed by atoms with Crippen LogP contribution in [-0.2, 0) is 15.6 Å². The van der Waals surface area contributed by atoms with E-state index < -0.39 is 21.5 Å². The van der Waals surface area contributed by atoms with Crippen LogP contribution >= 0.6 is 17.0 Å². The van der Waals surface area contributed by atoms with Crippen molar-refractivity contribution in [1.29, 1.82) is 0 Å². The molecule has 0 saturated carbocycles. The molecule has 2 aliphatic rings. The van der Waals surface area contributed by atoms with Gasteiger partial charge in [0, 0.05) is 0 Å². The van der Waals surface area contributed by atoms with E-state index in [9.17, 15) is 0 Å². The summed E-state index contributed by atoms with van der Waals surface area (Å²) in [4.78, 5) is 0. The van der Waals surface area contributed by atoms with E-state index in [0.717, 1.165) is 0 Å². The molecule has 4 aromatic rings. The van der Waals surface area contributed by atoms with E-state index in [4.69, 9.17) is 17.0 Å². The Bertz CT molecular complexity index is 1810. The van der Waals surface area contributed by atoms with Crippen LogP contribution in [0.25, 0.3) is 34.4 Å². The number of fused-ring (bicyclic) bond motifs is 2. The molecule has 6 rings (SSSR count). The summed E-state index contributed by atoms with van der Waals surface area (Å²) in [5, 5.41) is 0. The van der Waals surface area contributed by atoms with Gasteiger partial charge in [-0.3, -0.25) is 0 Å². The first kappa shape index (κ1) is 31.0. The van der Waals surface area contributed by atoms with Gasteiger partial charge in [-0.05, 0) is 0 Å². The topological polar surface area (TPSA) is 0 Å². The van der Waals surface area contributed by atoms with Gasteiger partial charge < -0.3 is 0 Å². The summed E-state index contributed by atoms with van der Waals surface area (Å²) in [5.41, 5.74) is 17.2. The molecule has 221 valence electrons. The van der Waals surface area contributed by atoms with Crippen LogP contribution in [0.5, 0.6) is 0 Å². The second kappa shape index (κ2) is 11.1. The van der Waals surface area contributed by atoms with E-state index in [1.807, 2.05) is 0 Å². The van der Waals surface area contributed by atoms with E-state index in [2.05, 4.69) is 146 Å². The van der Waals surface area contributed by atoms with Crippen LogP contribution in [0.4, 0.5) is 0 Å². The van der Waals surface area contributed by atoms with E-state index in [0.29, 0.717) is 5.92 Å². The quantitative estimate of drug-likeness (QED) is 0.176. The molecule has 0 N–H and O–H groups in total. The second-order valence-corrected chi connectivity index (χ2v) is 56.2. The van der Waals surface area contributed by atoms with Gasteiger partial charge >= 0.3 is 270 Å². The van der Waals surface area contributed by atoms with Gasteiger partial charge in [0.2, 0.25) is 0 Å². The van der Waals surface area contributed by atoms with Gasteiger partial charge in [0.1, 0.15) is 0 Å². The maximum absolute atomic E-state index is 8.61. The second-order valence-electron chi connectivity index (χ2n) is 13.7. The van der Waals surface area contributed by atoms with Gasteiger partial charge in [-0.1, -0.05) is 0 Å². The van der Waals surface area contributed by atoms with Gasteiger partial charge in [0.15, 0.2) is 0 Å². The Morgan fingerprint density at radius 2 is 1.37 bits per heavy atom. The van der Waals surface area contributed by atoms with Crippen LogP contribution in [0.3, 0.4) is 0 Å². The molecular formula is C39H43Cl2SiZr. The van der Waals surface area contributed by atoms with Crippen molar-refractivity contribution in [3.8, 4) is 22.3 Å². The summed E-state index contributed by atoms with van der Waals surface area (Å²) >= 11 is -4.80. The molecule has 0 aliphatic heterocycles. The van der Waals surface area contributed by atoms with Crippen LogP contribution < -0.4 is 0 Å². The summed E-state index contributed by atoms with van der Waals surface area (Å²) < 4.78 is 0.189. The number of allylic oxidation sites excluding steroid dienone is 2. The number of hydrogen-bond acceptors (Lipinski definition) is 0. The third-order valence-electron chi connectivity index (χ3n) is 10.3. The molecule has 0 fully saturated rings. The molecule has 0 saturated heterocycles. The molecular weight excluding hydrogens is 659 g/mol. The van der Waals surface area contributed by atoms with Gasteiger partial charge in [0.25, 0.3) is 0 Å². The molecule has 2 unspecified atom stereocenters. The number of halogens is 2. The van der Waals surface area contributed by atoms with Crippen molar-refractivity contribution in [2.75, 3.05) is 0 Å². The standard InChI is InChI=1S/C20H21.C17H15.C2H7Si.2ClH.Zr/c1-13(2)17-11-16-6-5-7-19(20(16)12-17)18-9-8-14(3)10-15(18)4;1-12-10-16-13(2)8-9-15(17(16)11-12)14-6-4-3-5-7-14;1-3-2;;;/h5-13H,1-4H3;3-11H,1-2H3;3H,1-2H3;2*1H;/q;;;;;+2/p-2. The fourth-order valence-electron chi connectivity index (χ4n) is 8.13. The van der Waals surface area contributed by atoms with Gasteiger partial charge in [-0.25, -0.2) is 0 Å². The van der Waals surface area contributed by atoms with Crippen LogP contribution in [0.2, 0.25) is 13.1 Å². The number of benzene rings is 4. The van der Waals surface area contributed by atoms with E-state index in [-0.39, 0.29) is 7.25 Å². The Balaban J connectivity index is 1.62. The van der Waals surface area contributed by atoms with E-state index >= 15 is 0 Å². The van der Waals surface area contributed by atoms with Crippen LogP contribution in [0.1, 0.15) is 67.0 Å². The predicted octanol–water partition coefficient (Wildman–Crippen LogP) is 12.2. The number of aryl methyl sites for hydroxylation is 3. The van der Waals surface area contributed by atoms with Crippen molar-refractivity contribution in [2.24, 2.45) is 5.92 Å². The fraction of sp³-hybridized carbons (Fsp3) is 0.282. The van der Waals surface area contributed by atoms with Crippen molar-refractivity contribution in [3.63, 3.8) is 0 Å². The Kier molecular flexibility index (Phi) is 8.04. The zero-order valence-corrected chi connectivity index (χ0v) is 31.9. The molecule has 0 radical (unpaired) electrons. The zero-order valence-electron chi connectivity index (χ0n) is 26.7. The summed E-state index contributed by atoms with van der Waals surface area (Å²) in [6.45, 7) is 18.5. The van der Waals surface area contributed by atoms with Crippen LogP contribution in [0.15, 0.2) is 90.0 Å². The van der Waals surface area contributed by atoms with E-state index in [1.54, 1.807) is 0 Å². The van der Waals surface area contributed by atoms with Crippen LogP contribution in [0, 0.1) is 26.7 Å². The zero-order chi connectivity index (χ0) is 30.9. The molecule has 0 amide bonds. The summed E-state index contributed by atoms with van der Waals surface area (Å²) in [7, 11) is 17.2. The Hall–Kier alpha value is -1.96. The molecule has 4 aromatic carbocycles. The van der Waals surface area contributed by atoms with Crippen molar-refractivity contribution >= 4 is 35.1 Å². The first-order chi connectivity index (χ1) is 20.3. The van der Waals surface area contributed by atoms with E-state index in [1.165, 1.54) is 72.3 Å². The molecule has 0 nitrogen and oxygen atoms in total. The summed E-state index contributed by atoms with van der Waals surface area (Å²) in [6, 6.07) is 29.0. The third kappa shape index (κ3) is 4.78. The monoisotopic (exact) mass is 699 g/mol. The SMILES string of the molecule is CC1=Cc2c(-c3ccccc3)ccc(C)c2[CH]1[Zr]([Cl])([Cl])([CH]1C(C(C)C)=Cc2c(-c3ccc(C)cc3C)cccc21)[SiH](C)C. The molecule has 4 heteroatoms.